The van der Waals surface area contributed by atoms with Crippen LogP contribution in [0.5, 0.6) is 0 Å². The van der Waals surface area contributed by atoms with E-state index in [1.165, 1.54) is 6.66 Å². The van der Waals surface area contributed by atoms with E-state index >= 15 is 0 Å². The molecule has 0 fully saturated rings. The van der Waals surface area contributed by atoms with E-state index in [0.29, 0.717) is 13.2 Å². The summed E-state index contributed by atoms with van der Waals surface area (Å²) in [6.07, 6.45) is 0. The van der Waals surface area contributed by atoms with Crippen LogP contribution in [0.15, 0.2) is 0 Å². The van der Waals surface area contributed by atoms with Gasteiger partial charge in [-0.2, -0.15) is 0 Å². The predicted octanol–water partition coefficient (Wildman–Crippen LogP) is 1.14. The van der Waals surface area contributed by atoms with Crippen LogP contribution in [0.4, 0.5) is 0 Å². The zero-order valence-corrected chi connectivity index (χ0v) is 9.21. The van der Waals surface area contributed by atoms with Crippen molar-refractivity contribution in [3.8, 4) is 0 Å². The molecule has 0 aliphatic heterocycles. The molecule has 0 aromatic rings. The summed E-state index contributed by atoms with van der Waals surface area (Å²) in [7, 11) is 0.191. The maximum Gasteiger partial charge on any atom is 0.327 e. The normalized spacial score (nSPS) is 11.9. The van der Waals surface area contributed by atoms with Crippen molar-refractivity contribution in [2.45, 2.75) is 0 Å². The third-order valence-electron chi connectivity index (χ3n) is 1.23. The standard InChI is InChI=1S/C7H17O5P/c1-9-4-6-11-13(3,8)12-7-5-10-2/h4-7H2,1-3H3. The molecule has 0 aromatic heterocycles. The third-order valence-corrected chi connectivity index (χ3v) is 2.53. The van der Waals surface area contributed by atoms with Gasteiger partial charge in [0.2, 0.25) is 0 Å². The molecule has 6 heteroatoms. The molecule has 0 aromatic carbocycles. The van der Waals surface area contributed by atoms with Crippen molar-refractivity contribution < 1.29 is 23.1 Å². The minimum Gasteiger partial charge on any atom is -0.382 e. The van der Waals surface area contributed by atoms with Crippen LogP contribution >= 0.6 is 7.60 Å². The Hall–Kier alpha value is 0.0700. The van der Waals surface area contributed by atoms with Crippen LogP contribution in [0.3, 0.4) is 0 Å². The molecular weight excluding hydrogens is 195 g/mol. The zero-order chi connectivity index (χ0) is 10.2. The summed E-state index contributed by atoms with van der Waals surface area (Å²) < 4.78 is 30.8. The molecule has 0 rings (SSSR count). The van der Waals surface area contributed by atoms with Gasteiger partial charge in [-0.1, -0.05) is 0 Å². The lowest BCUT2D eigenvalue weighted by molar-refractivity contribution is 0.109. The highest BCUT2D eigenvalue weighted by Gasteiger charge is 2.15. The molecular formula is C7H17O5P. The molecule has 0 atom stereocenters. The molecule has 0 saturated carbocycles. The molecule has 0 aliphatic rings. The molecule has 0 heterocycles. The largest absolute Gasteiger partial charge is 0.382 e. The van der Waals surface area contributed by atoms with Gasteiger partial charge in [0.05, 0.1) is 26.4 Å². The van der Waals surface area contributed by atoms with E-state index in [1.807, 2.05) is 0 Å². The molecule has 0 aliphatic carbocycles. The van der Waals surface area contributed by atoms with Crippen LogP contribution in [-0.4, -0.2) is 47.3 Å². The van der Waals surface area contributed by atoms with Crippen LogP contribution in [0, 0.1) is 0 Å². The van der Waals surface area contributed by atoms with Crippen molar-refractivity contribution in [3.05, 3.63) is 0 Å². The SMILES string of the molecule is COCCOP(C)(=O)OCCOC. The van der Waals surface area contributed by atoms with Gasteiger partial charge in [-0.05, 0) is 0 Å². The fraction of sp³-hybridized carbons (Fsp3) is 1.00. The number of rotatable bonds is 8. The van der Waals surface area contributed by atoms with Gasteiger partial charge >= 0.3 is 7.60 Å². The molecule has 0 spiro atoms. The first-order chi connectivity index (χ1) is 6.12. The van der Waals surface area contributed by atoms with Gasteiger partial charge < -0.3 is 18.5 Å². The highest BCUT2D eigenvalue weighted by Crippen LogP contribution is 2.43. The summed E-state index contributed by atoms with van der Waals surface area (Å²) in [5.74, 6) is 0. The van der Waals surface area contributed by atoms with Crippen molar-refractivity contribution in [1.29, 1.82) is 0 Å². The maximum absolute atomic E-state index is 11.4. The summed E-state index contributed by atoms with van der Waals surface area (Å²) in [6.45, 7) is 2.80. The lowest BCUT2D eigenvalue weighted by atomic mass is 10.8. The molecule has 0 saturated heterocycles. The van der Waals surface area contributed by atoms with Crippen molar-refractivity contribution in [2.75, 3.05) is 47.3 Å². The van der Waals surface area contributed by atoms with E-state index in [-0.39, 0.29) is 13.2 Å². The smallest absolute Gasteiger partial charge is 0.327 e. The van der Waals surface area contributed by atoms with Gasteiger partial charge in [-0.25, -0.2) is 0 Å². The molecule has 80 valence electrons. The van der Waals surface area contributed by atoms with Gasteiger partial charge in [0.25, 0.3) is 0 Å². The van der Waals surface area contributed by atoms with Crippen LogP contribution in [0.2, 0.25) is 0 Å². The molecule has 0 unspecified atom stereocenters. The van der Waals surface area contributed by atoms with E-state index in [4.69, 9.17) is 18.5 Å². The number of hydrogen-bond acceptors (Lipinski definition) is 5. The van der Waals surface area contributed by atoms with Crippen LogP contribution in [-0.2, 0) is 23.1 Å². The van der Waals surface area contributed by atoms with E-state index in [1.54, 1.807) is 14.2 Å². The summed E-state index contributed by atoms with van der Waals surface area (Å²) in [5, 5.41) is 0. The average Bonchev–Trinajstić information content (AvgIpc) is 2.05. The summed E-state index contributed by atoms with van der Waals surface area (Å²) in [5.41, 5.74) is 0. The summed E-state index contributed by atoms with van der Waals surface area (Å²) >= 11 is 0. The van der Waals surface area contributed by atoms with Gasteiger partial charge in [0.1, 0.15) is 0 Å². The fourth-order valence-electron chi connectivity index (χ4n) is 0.610. The Morgan fingerprint density at radius 3 is 1.62 bits per heavy atom. The van der Waals surface area contributed by atoms with Crippen LogP contribution in [0.1, 0.15) is 0 Å². The average molecular weight is 212 g/mol. The molecule has 0 bridgehead atoms. The van der Waals surface area contributed by atoms with E-state index in [2.05, 4.69) is 0 Å². The lowest BCUT2D eigenvalue weighted by Gasteiger charge is -2.13. The monoisotopic (exact) mass is 212 g/mol. The van der Waals surface area contributed by atoms with Crippen molar-refractivity contribution in [3.63, 3.8) is 0 Å². The zero-order valence-electron chi connectivity index (χ0n) is 8.32. The Morgan fingerprint density at radius 2 is 1.31 bits per heavy atom. The first-order valence-electron chi connectivity index (χ1n) is 3.97. The lowest BCUT2D eigenvalue weighted by Crippen LogP contribution is -2.05. The Morgan fingerprint density at radius 1 is 0.923 bits per heavy atom. The minimum atomic E-state index is -2.91. The second-order valence-corrected chi connectivity index (χ2v) is 4.48. The molecule has 0 amide bonds. The minimum absolute atomic E-state index is 0.275. The molecule has 5 nitrogen and oxygen atoms in total. The summed E-state index contributed by atoms with van der Waals surface area (Å²) in [6, 6.07) is 0. The number of hydrogen-bond donors (Lipinski definition) is 0. The second kappa shape index (κ2) is 7.47. The molecule has 13 heavy (non-hydrogen) atoms. The quantitative estimate of drug-likeness (QED) is 0.446. The van der Waals surface area contributed by atoms with Crippen molar-refractivity contribution >= 4 is 7.60 Å². The Kier molecular flexibility index (Phi) is 7.51. The fourth-order valence-corrected chi connectivity index (χ4v) is 1.50. The van der Waals surface area contributed by atoms with Crippen molar-refractivity contribution in [1.82, 2.24) is 0 Å². The third kappa shape index (κ3) is 8.40. The number of ether oxygens (including phenoxy) is 2. The van der Waals surface area contributed by atoms with Gasteiger partial charge in [0, 0.05) is 20.9 Å². The van der Waals surface area contributed by atoms with Gasteiger partial charge in [-0.3, -0.25) is 4.57 Å². The molecule has 0 N–H and O–H groups in total. The maximum atomic E-state index is 11.4. The van der Waals surface area contributed by atoms with Crippen molar-refractivity contribution in [2.24, 2.45) is 0 Å². The Labute approximate surface area is 78.8 Å². The van der Waals surface area contributed by atoms with Gasteiger partial charge in [0.15, 0.2) is 0 Å². The van der Waals surface area contributed by atoms with Gasteiger partial charge in [-0.15, -0.1) is 0 Å². The first kappa shape index (κ1) is 13.1. The highest BCUT2D eigenvalue weighted by molar-refractivity contribution is 7.52. The second-order valence-electron chi connectivity index (χ2n) is 2.42. The van der Waals surface area contributed by atoms with Crippen LogP contribution < -0.4 is 0 Å². The Balaban J connectivity index is 3.49. The number of methoxy groups -OCH3 is 2. The molecule has 0 radical (unpaired) electrons. The van der Waals surface area contributed by atoms with E-state index in [9.17, 15) is 4.57 Å². The van der Waals surface area contributed by atoms with E-state index < -0.39 is 7.60 Å². The van der Waals surface area contributed by atoms with E-state index in [0.717, 1.165) is 0 Å². The predicted molar refractivity (Wildman–Crippen MR) is 49.2 cm³/mol. The Bertz CT molecular complexity index is 147. The highest BCUT2D eigenvalue weighted by atomic mass is 31.2. The van der Waals surface area contributed by atoms with Crippen LogP contribution in [0.25, 0.3) is 0 Å². The summed E-state index contributed by atoms with van der Waals surface area (Å²) in [4.78, 5) is 0. The topological polar surface area (TPSA) is 54.0 Å². The first-order valence-corrected chi connectivity index (χ1v) is 5.96.